The van der Waals surface area contributed by atoms with E-state index in [1.54, 1.807) is 26.0 Å². The number of anilines is 1. The molecule has 0 radical (unpaired) electrons. The van der Waals surface area contributed by atoms with Crippen molar-refractivity contribution in [2.45, 2.75) is 38.5 Å². The van der Waals surface area contributed by atoms with E-state index in [9.17, 15) is 13.2 Å². The van der Waals surface area contributed by atoms with E-state index in [1.165, 1.54) is 12.1 Å². The third kappa shape index (κ3) is 4.94. The molecule has 6 heteroatoms. The van der Waals surface area contributed by atoms with Crippen molar-refractivity contribution in [2.24, 2.45) is 5.92 Å². The SMILES string of the molecule is CCCCNS(=O)(=O)c1cccc(NC(=O)C(C)C)c1. The Morgan fingerprint density at radius 1 is 1.30 bits per heavy atom. The molecule has 0 fully saturated rings. The van der Waals surface area contributed by atoms with Crippen molar-refractivity contribution in [3.8, 4) is 0 Å². The summed E-state index contributed by atoms with van der Waals surface area (Å²) in [5.74, 6) is -0.295. The molecule has 0 unspecified atom stereocenters. The van der Waals surface area contributed by atoms with Gasteiger partial charge in [0.1, 0.15) is 0 Å². The molecule has 20 heavy (non-hydrogen) atoms. The summed E-state index contributed by atoms with van der Waals surface area (Å²) < 4.78 is 26.6. The van der Waals surface area contributed by atoms with Crippen LogP contribution in [-0.4, -0.2) is 20.9 Å². The molecule has 1 rings (SSSR count). The molecular formula is C14H22N2O3S. The van der Waals surface area contributed by atoms with Crippen LogP contribution >= 0.6 is 0 Å². The lowest BCUT2D eigenvalue weighted by atomic mass is 10.2. The summed E-state index contributed by atoms with van der Waals surface area (Å²) in [6.45, 7) is 5.97. The van der Waals surface area contributed by atoms with E-state index in [-0.39, 0.29) is 16.7 Å². The lowest BCUT2D eigenvalue weighted by molar-refractivity contribution is -0.118. The van der Waals surface area contributed by atoms with E-state index in [2.05, 4.69) is 10.0 Å². The third-order valence-corrected chi connectivity index (χ3v) is 4.22. The van der Waals surface area contributed by atoms with Gasteiger partial charge in [0, 0.05) is 18.2 Å². The van der Waals surface area contributed by atoms with Gasteiger partial charge in [-0.3, -0.25) is 4.79 Å². The zero-order valence-electron chi connectivity index (χ0n) is 12.1. The van der Waals surface area contributed by atoms with E-state index in [0.717, 1.165) is 12.8 Å². The van der Waals surface area contributed by atoms with Crippen molar-refractivity contribution >= 4 is 21.6 Å². The maximum atomic E-state index is 12.1. The molecule has 0 aliphatic heterocycles. The van der Waals surface area contributed by atoms with Gasteiger partial charge in [0.15, 0.2) is 0 Å². The second kappa shape index (κ2) is 7.40. The largest absolute Gasteiger partial charge is 0.326 e. The van der Waals surface area contributed by atoms with E-state index < -0.39 is 10.0 Å². The number of sulfonamides is 1. The second-order valence-electron chi connectivity index (χ2n) is 4.92. The Bertz CT molecular complexity index is 553. The molecule has 2 N–H and O–H groups in total. The van der Waals surface area contributed by atoms with Crippen LogP contribution in [-0.2, 0) is 14.8 Å². The van der Waals surface area contributed by atoms with Crippen molar-refractivity contribution < 1.29 is 13.2 Å². The Morgan fingerprint density at radius 2 is 2.00 bits per heavy atom. The lowest BCUT2D eigenvalue weighted by Crippen LogP contribution is -2.25. The summed E-state index contributed by atoms with van der Waals surface area (Å²) >= 11 is 0. The molecule has 0 bridgehead atoms. The molecule has 1 aromatic carbocycles. The molecule has 0 heterocycles. The smallest absolute Gasteiger partial charge is 0.240 e. The topological polar surface area (TPSA) is 75.3 Å². The van der Waals surface area contributed by atoms with Gasteiger partial charge in [-0.1, -0.05) is 33.3 Å². The minimum atomic E-state index is -3.51. The molecule has 0 spiro atoms. The zero-order chi connectivity index (χ0) is 15.2. The zero-order valence-corrected chi connectivity index (χ0v) is 13.0. The lowest BCUT2D eigenvalue weighted by Gasteiger charge is -2.10. The molecule has 1 amide bonds. The second-order valence-corrected chi connectivity index (χ2v) is 6.69. The number of benzene rings is 1. The highest BCUT2D eigenvalue weighted by molar-refractivity contribution is 7.89. The first-order valence-electron chi connectivity index (χ1n) is 6.77. The summed E-state index contributed by atoms with van der Waals surface area (Å²) in [5, 5.41) is 2.69. The third-order valence-electron chi connectivity index (χ3n) is 2.76. The van der Waals surface area contributed by atoms with Crippen LogP contribution in [0.1, 0.15) is 33.6 Å². The van der Waals surface area contributed by atoms with Gasteiger partial charge < -0.3 is 5.32 Å². The molecule has 0 aliphatic rings. The van der Waals surface area contributed by atoms with Crippen LogP contribution in [0.4, 0.5) is 5.69 Å². The average molecular weight is 298 g/mol. The molecule has 0 aliphatic carbocycles. The minimum absolute atomic E-state index is 0.140. The van der Waals surface area contributed by atoms with Crippen LogP contribution in [0.5, 0.6) is 0 Å². The first-order valence-corrected chi connectivity index (χ1v) is 8.25. The highest BCUT2D eigenvalue weighted by atomic mass is 32.2. The summed E-state index contributed by atoms with van der Waals surface area (Å²) in [4.78, 5) is 11.8. The first kappa shape index (κ1) is 16.7. The Morgan fingerprint density at radius 3 is 2.60 bits per heavy atom. The van der Waals surface area contributed by atoms with Crippen LogP contribution in [0.15, 0.2) is 29.2 Å². The molecule has 0 saturated heterocycles. The Hall–Kier alpha value is -1.40. The predicted molar refractivity (Wildman–Crippen MR) is 80.0 cm³/mol. The number of nitrogens with one attached hydrogen (secondary N) is 2. The normalized spacial score (nSPS) is 11.6. The van der Waals surface area contributed by atoms with Gasteiger partial charge in [0.2, 0.25) is 15.9 Å². The van der Waals surface area contributed by atoms with Gasteiger partial charge in [-0.25, -0.2) is 13.1 Å². The summed E-state index contributed by atoms with van der Waals surface area (Å²) in [5.41, 5.74) is 0.488. The quantitative estimate of drug-likeness (QED) is 0.759. The molecule has 0 saturated carbocycles. The van der Waals surface area contributed by atoms with E-state index in [4.69, 9.17) is 0 Å². The van der Waals surface area contributed by atoms with Gasteiger partial charge in [-0.2, -0.15) is 0 Å². The Kier molecular flexibility index (Phi) is 6.16. The van der Waals surface area contributed by atoms with Gasteiger partial charge in [-0.15, -0.1) is 0 Å². The fourth-order valence-corrected chi connectivity index (χ4v) is 2.61. The highest BCUT2D eigenvalue weighted by Crippen LogP contribution is 2.16. The van der Waals surface area contributed by atoms with Gasteiger partial charge in [-0.05, 0) is 24.6 Å². The molecular weight excluding hydrogens is 276 g/mol. The molecule has 0 aromatic heterocycles. The van der Waals surface area contributed by atoms with Crippen molar-refractivity contribution in [1.29, 1.82) is 0 Å². The fourth-order valence-electron chi connectivity index (χ4n) is 1.49. The summed E-state index contributed by atoms with van der Waals surface area (Å²) in [6.07, 6.45) is 1.72. The standard InChI is InChI=1S/C14H22N2O3S/c1-4-5-9-15-20(18,19)13-8-6-7-12(10-13)16-14(17)11(2)3/h6-8,10-11,15H,4-5,9H2,1-3H3,(H,16,17). The summed E-state index contributed by atoms with van der Waals surface area (Å²) in [6, 6.07) is 6.27. The van der Waals surface area contributed by atoms with Crippen molar-refractivity contribution in [3.63, 3.8) is 0 Å². The number of rotatable bonds is 7. The van der Waals surface area contributed by atoms with E-state index in [1.807, 2.05) is 6.92 Å². The van der Waals surface area contributed by atoms with Crippen LogP contribution in [0.2, 0.25) is 0 Å². The first-order chi connectivity index (χ1) is 9.36. The number of unbranched alkanes of at least 4 members (excludes halogenated alkanes) is 1. The number of carbonyl (C=O) groups is 1. The van der Waals surface area contributed by atoms with E-state index in [0.29, 0.717) is 12.2 Å². The van der Waals surface area contributed by atoms with Crippen molar-refractivity contribution in [1.82, 2.24) is 4.72 Å². The fraction of sp³-hybridized carbons (Fsp3) is 0.500. The maximum Gasteiger partial charge on any atom is 0.240 e. The molecule has 5 nitrogen and oxygen atoms in total. The number of hydrogen-bond donors (Lipinski definition) is 2. The van der Waals surface area contributed by atoms with Crippen molar-refractivity contribution in [3.05, 3.63) is 24.3 Å². The number of hydrogen-bond acceptors (Lipinski definition) is 3. The Balaban J connectivity index is 2.84. The van der Waals surface area contributed by atoms with Gasteiger partial charge in [0.25, 0.3) is 0 Å². The van der Waals surface area contributed by atoms with Crippen LogP contribution in [0.25, 0.3) is 0 Å². The predicted octanol–water partition coefficient (Wildman–Crippen LogP) is 2.36. The van der Waals surface area contributed by atoms with Crippen molar-refractivity contribution in [2.75, 3.05) is 11.9 Å². The Labute approximate surface area is 120 Å². The monoisotopic (exact) mass is 298 g/mol. The maximum absolute atomic E-state index is 12.1. The van der Waals surface area contributed by atoms with Crippen LogP contribution in [0, 0.1) is 5.92 Å². The number of carbonyl (C=O) groups excluding carboxylic acids is 1. The minimum Gasteiger partial charge on any atom is -0.326 e. The van der Waals surface area contributed by atoms with E-state index >= 15 is 0 Å². The molecule has 112 valence electrons. The summed E-state index contributed by atoms with van der Waals surface area (Å²) in [7, 11) is -3.51. The average Bonchev–Trinajstić information content (AvgIpc) is 2.39. The van der Waals surface area contributed by atoms with Gasteiger partial charge in [0.05, 0.1) is 4.90 Å². The van der Waals surface area contributed by atoms with Gasteiger partial charge >= 0.3 is 0 Å². The number of amides is 1. The van der Waals surface area contributed by atoms with Crippen LogP contribution < -0.4 is 10.0 Å². The van der Waals surface area contributed by atoms with Crippen LogP contribution in [0.3, 0.4) is 0 Å². The molecule has 0 atom stereocenters. The molecule has 1 aromatic rings. The highest BCUT2D eigenvalue weighted by Gasteiger charge is 2.14.